The Kier molecular flexibility index (Phi) is 3.56. The van der Waals surface area contributed by atoms with Crippen LogP contribution in [0.3, 0.4) is 0 Å². The van der Waals surface area contributed by atoms with Gasteiger partial charge in [-0.1, -0.05) is 0 Å². The molecule has 1 atom stereocenters. The molecular weight excluding hydrogens is 208 g/mol. The van der Waals surface area contributed by atoms with Crippen molar-refractivity contribution >= 4 is 16.5 Å². The summed E-state index contributed by atoms with van der Waals surface area (Å²) in [4.78, 5) is 7.82. The number of nitrogens with two attached hydrogens (primary N) is 1. The molecule has 0 amide bonds. The minimum absolute atomic E-state index is 0.542. The SMILES string of the molecule is CN1CCCC(Nc2ncc(CN)s2)C1. The van der Waals surface area contributed by atoms with E-state index in [4.69, 9.17) is 5.73 Å². The van der Waals surface area contributed by atoms with E-state index in [2.05, 4.69) is 22.2 Å². The maximum atomic E-state index is 5.55. The van der Waals surface area contributed by atoms with E-state index in [1.165, 1.54) is 19.4 Å². The molecule has 5 heteroatoms. The van der Waals surface area contributed by atoms with E-state index in [0.29, 0.717) is 12.6 Å². The number of nitrogens with zero attached hydrogens (tertiary/aromatic N) is 2. The molecule has 1 aromatic rings. The minimum atomic E-state index is 0.542. The Balaban J connectivity index is 1.90. The highest BCUT2D eigenvalue weighted by molar-refractivity contribution is 7.15. The number of nitrogens with one attached hydrogen (secondary N) is 1. The summed E-state index contributed by atoms with van der Waals surface area (Å²) in [5, 5.41) is 4.49. The number of thiazole rings is 1. The molecule has 1 saturated heterocycles. The van der Waals surface area contributed by atoms with Crippen molar-refractivity contribution in [3.05, 3.63) is 11.1 Å². The average Bonchev–Trinajstić information content (AvgIpc) is 2.65. The van der Waals surface area contributed by atoms with Gasteiger partial charge in [-0.05, 0) is 26.4 Å². The zero-order valence-electron chi connectivity index (χ0n) is 9.07. The Morgan fingerprint density at radius 3 is 3.27 bits per heavy atom. The number of hydrogen-bond acceptors (Lipinski definition) is 5. The van der Waals surface area contributed by atoms with Crippen LogP contribution in [-0.4, -0.2) is 36.1 Å². The van der Waals surface area contributed by atoms with E-state index < -0.39 is 0 Å². The van der Waals surface area contributed by atoms with Crippen molar-refractivity contribution < 1.29 is 0 Å². The number of likely N-dealkylation sites (N-methyl/N-ethyl adjacent to an activating group) is 1. The lowest BCUT2D eigenvalue weighted by Gasteiger charge is -2.29. The summed E-state index contributed by atoms with van der Waals surface area (Å²) < 4.78 is 0. The van der Waals surface area contributed by atoms with Crippen molar-refractivity contribution in [3.8, 4) is 0 Å². The fourth-order valence-electron chi connectivity index (χ4n) is 1.93. The van der Waals surface area contributed by atoms with Crippen LogP contribution in [0.4, 0.5) is 5.13 Å². The second-order valence-corrected chi connectivity index (χ2v) is 5.20. The first kappa shape index (κ1) is 10.9. The summed E-state index contributed by atoms with van der Waals surface area (Å²) in [5.41, 5.74) is 5.55. The molecule has 0 bridgehead atoms. The second kappa shape index (κ2) is 4.92. The van der Waals surface area contributed by atoms with Gasteiger partial charge < -0.3 is 16.0 Å². The first-order chi connectivity index (χ1) is 7.28. The largest absolute Gasteiger partial charge is 0.357 e. The van der Waals surface area contributed by atoms with Crippen LogP contribution in [0.5, 0.6) is 0 Å². The molecule has 15 heavy (non-hydrogen) atoms. The number of anilines is 1. The Bertz CT molecular complexity index is 312. The third kappa shape index (κ3) is 2.90. The molecule has 3 N–H and O–H groups in total. The second-order valence-electron chi connectivity index (χ2n) is 4.08. The van der Waals surface area contributed by atoms with Crippen molar-refractivity contribution in [2.45, 2.75) is 25.4 Å². The zero-order chi connectivity index (χ0) is 10.7. The van der Waals surface area contributed by atoms with Crippen LogP contribution in [-0.2, 0) is 6.54 Å². The van der Waals surface area contributed by atoms with E-state index in [-0.39, 0.29) is 0 Å². The Hall–Kier alpha value is -0.650. The predicted octanol–water partition coefficient (Wildman–Crippen LogP) is 1.11. The molecule has 2 rings (SSSR count). The molecular formula is C10H18N4S. The van der Waals surface area contributed by atoms with Crippen LogP contribution < -0.4 is 11.1 Å². The maximum Gasteiger partial charge on any atom is 0.183 e. The van der Waals surface area contributed by atoms with Gasteiger partial charge in [0.25, 0.3) is 0 Å². The van der Waals surface area contributed by atoms with Gasteiger partial charge in [0.15, 0.2) is 5.13 Å². The number of likely N-dealkylation sites (tertiary alicyclic amines) is 1. The highest BCUT2D eigenvalue weighted by atomic mass is 32.1. The zero-order valence-corrected chi connectivity index (χ0v) is 9.89. The van der Waals surface area contributed by atoms with Crippen LogP contribution in [0, 0.1) is 0 Å². The van der Waals surface area contributed by atoms with Crippen LogP contribution in [0.15, 0.2) is 6.20 Å². The van der Waals surface area contributed by atoms with Crippen LogP contribution in [0.25, 0.3) is 0 Å². The summed E-state index contributed by atoms with van der Waals surface area (Å²) in [6.07, 6.45) is 4.37. The van der Waals surface area contributed by atoms with Crippen molar-refractivity contribution in [2.24, 2.45) is 5.73 Å². The van der Waals surface area contributed by atoms with E-state index in [0.717, 1.165) is 16.6 Å². The van der Waals surface area contributed by atoms with Gasteiger partial charge in [0.2, 0.25) is 0 Å². The lowest BCUT2D eigenvalue weighted by Crippen LogP contribution is -2.39. The molecule has 1 fully saturated rings. The number of piperidine rings is 1. The summed E-state index contributed by atoms with van der Waals surface area (Å²) in [6, 6.07) is 0.542. The van der Waals surface area contributed by atoms with Crippen molar-refractivity contribution in [1.29, 1.82) is 0 Å². The van der Waals surface area contributed by atoms with Crippen molar-refractivity contribution in [1.82, 2.24) is 9.88 Å². The molecule has 0 aromatic carbocycles. The van der Waals surface area contributed by atoms with Gasteiger partial charge in [0, 0.05) is 30.2 Å². The molecule has 1 aliphatic heterocycles. The summed E-state index contributed by atoms with van der Waals surface area (Å²) in [5.74, 6) is 0. The Morgan fingerprint density at radius 1 is 1.73 bits per heavy atom. The van der Waals surface area contributed by atoms with E-state index >= 15 is 0 Å². The molecule has 1 aromatic heterocycles. The monoisotopic (exact) mass is 226 g/mol. The molecule has 0 saturated carbocycles. The van der Waals surface area contributed by atoms with E-state index in [1.807, 2.05) is 6.20 Å². The van der Waals surface area contributed by atoms with Crippen molar-refractivity contribution in [3.63, 3.8) is 0 Å². The third-order valence-corrected chi connectivity index (χ3v) is 3.66. The van der Waals surface area contributed by atoms with Gasteiger partial charge in [0.05, 0.1) is 0 Å². The predicted molar refractivity (Wildman–Crippen MR) is 64.1 cm³/mol. The van der Waals surface area contributed by atoms with Crippen LogP contribution in [0.1, 0.15) is 17.7 Å². The normalized spacial score (nSPS) is 22.9. The van der Waals surface area contributed by atoms with Crippen LogP contribution in [0.2, 0.25) is 0 Å². The standard InChI is InChI=1S/C10H18N4S/c1-14-4-2-3-8(7-14)13-10-12-6-9(5-11)15-10/h6,8H,2-5,7,11H2,1H3,(H,12,13). The molecule has 84 valence electrons. The fraction of sp³-hybridized carbons (Fsp3) is 0.700. The first-order valence-corrected chi connectivity index (χ1v) is 6.19. The third-order valence-electron chi connectivity index (χ3n) is 2.71. The van der Waals surface area contributed by atoms with Gasteiger partial charge in [0.1, 0.15) is 0 Å². The maximum absolute atomic E-state index is 5.55. The number of aromatic nitrogens is 1. The van der Waals surface area contributed by atoms with E-state index in [9.17, 15) is 0 Å². The van der Waals surface area contributed by atoms with E-state index in [1.54, 1.807) is 11.3 Å². The van der Waals surface area contributed by atoms with Gasteiger partial charge in [-0.2, -0.15) is 0 Å². The molecule has 0 radical (unpaired) electrons. The minimum Gasteiger partial charge on any atom is -0.357 e. The van der Waals surface area contributed by atoms with Gasteiger partial charge in [-0.3, -0.25) is 0 Å². The first-order valence-electron chi connectivity index (χ1n) is 5.38. The van der Waals surface area contributed by atoms with Crippen molar-refractivity contribution in [2.75, 3.05) is 25.5 Å². The Labute approximate surface area is 94.5 Å². The molecule has 0 spiro atoms. The van der Waals surface area contributed by atoms with Crippen LogP contribution >= 0.6 is 11.3 Å². The fourth-order valence-corrected chi connectivity index (χ4v) is 2.70. The van der Waals surface area contributed by atoms with Gasteiger partial charge >= 0.3 is 0 Å². The topological polar surface area (TPSA) is 54.2 Å². The summed E-state index contributed by atoms with van der Waals surface area (Å²) in [7, 11) is 2.17. The highest BCUT2D eigenvalue weighted by Crippen LogP contribution is 2.20. The van der Waals surface area contributed by atoms with Gasteiger partial charge in [-0.15, -0.1) is 11.3 Å². The summed E-state index contributed by atoms with van der Waals surface area (Å²) in [6.45, 7) is 2.91. The molecule has 2 heterocycles. The smallest absolute Gasteiger partial charge is 0.183 e. The van der Waals surface area contributed by atoms with Gasteiger partial charge in [-0.25, -0.2) is 4.98 Å². The lowest BCUT2D eigenvalue weighted by atomic mass is 10.1. The quantitative estimate of drug-likeness (QED) is 0.810. The number of rotatable bonds is 3. The highest BCUT2D eigenvalue weighted by Gasteiger charge is 2.17. The molecule has 4 nitrogen and oxygen atoms in total. The Morgan fingerprint density at radius 2 is 2.60 bits per heavy atom. The average molecular weight is 226 g/mol. The number of hydrogen-bond donors (Lipinski definition) is 2. The lowest BCUT2D eigenvalue weighted by molar-refractivity contribution is 0.261. The molecule has 1 aliphatic rings. The summed E-state index contributed by atoms with van der Waals surface area (Å²) >= 11 is 1.66. The molecule has 0 aliphatic carbocycles. The molecule has 1 unspecified atom stereocenters.